The van der Waals surface area contributed by atoms with Crippen LogP contribution >= 0.6 is 0 Å². The number of rotatable bonds is 3. The van der Waals surface area contributed by atoms with Crippen LogP contribution in [0, 0.1) is 0 Å². The minimum atomic E-state index is 0.305. The first-order valence-corrected chi connectivity index (χ1v) is 5.24. The largest absolute Gasteiger partial charge is 0.384 e. The summed E-state index contributed by atoms with van der Waals surface area (Å²) < 4.78 is 0. The molecule has 0 spiro atoms. The zero-order valence-corrected chi connectivity index (χ0v) is 8.93. The van der Waals surface area contributed by atoms with Gasteiger partial charge in [0.05, 0.1) is 0 Å². The molecule has 1 aromatic rings. The number of hydrogen-bond donors (Lipinski definition) is 2. The zero-order valence-electron chi connectivity index (χ0n) is 8.93. The first-order valence-electron chi connectivity index (χ1n) is 5.24. The molecule has 0 aromatic heterocycles. The van der Waals surface area contributed by atoms with Gasteiger partial charge < -0.3 is 10.6 Å². The highest BCUT2D eigenvalue weighted by Crippen LogP contribution is 2.38. The Balaban J connectivity index is 2.23. The second-order valence-corrected chi connectivity index (χ2v) is 4.31. The molecule has 0 aliphatic carbocycles. The summed E-state index contributed by atoms with van der Waals surface area (Å²) in [6.45, 7) is 4.48. The molecule has 0 saturated heterocycles. The van der Waals surface area contributed by atoms with Crippen LogP contribution in [0.5, 0.6) is 0 Å². The molecule has 2 rings (SSSR count). The molecular formula is C12H18N2. The van der Waals surface area contributed by atoms with Crippen molar-refractivity contribution in [2.24, 2.45) is 0 Å². The first kappa shape index (κ1) is 9.53. The first-order chi connectivity index (χ1) is 6.76. The van der Waals surface area contributed by atoms with Crippen LogP contribution < -0.4 is 10.6 Å². The predicted molar refractivity (Wildman–Crippen MR) is 60.8 cm³/mol. The molecule has 76 valence electrons. The molecule has 1 aliphatic rings. The Bertz CT molecular complexity index is 322. The van der Waals surface area contributed by atoms with Gasteiger partial charge in [0.15, 0.2) is 0 Å². The minimum absolute atomic E-state index is 0.305. The van der Waals surface area contributed by atoms with Crippen LogP contribution in [0.15, 0.2) is 24.3 Å². The van der Waals surface area contributed by atoms with Gasteiger partial charge in [-0.05, 0) is 31.6 Å². The summed E-state index contributed by atoms with van der Waals surface area (Å²) in [7, 11) is 2.01. The van der Waals surface area contributed by atoms with Gasteiger partial charge >= 0.3 is 0 Å². The van der Waals surface area contributed by atoms with Gasteiger partial charge in [-0.2, -0.15) is 0 Å². The third-order valence-electron chi connectivity index (χ3n) is 3.17. The lowest BCUT2D eigenvalue weighted by Gasteiger charge is -2.23. The van der Waals surface area contributed by atoms with E-state index in [1.165, 1.54) is 17.7 Å². The van der Waals surface area contributed by atoms with Crippen molar-refractivity contribution in [3.05, 3.63) is 29.8 Å². The normalized spacial score (nSPS) is 24.4. The van der Waals surface area contributed by atoms with Crippen LogP contribution in [-0.4, -0.2) is 20.1 Å². The fourth-order valence-electron chi connectivity index (χ4n) is 2.17. The van der Waals surface area contributed by atoms with Gasteiger partial charge in [-0.25, -0.2) is 0 Å². The molecule has 1 aromatic carbocycles. The van der Waals surface area contributed by atoms with Crippen molar-refractivity contribution in [1.29, 1.82) is 0 Å². The van der Waals surface area contributed by atoms with Gasteiger partial charge in [-0.15, -0.1) is 0 Å². The van der Waals surface area contributed by atoms with Gasteiger partial charge in [0.1, 0.15) is 0 Å². The molecule has 14 heavy (non-hydrogen) atoms. The Morgan fingerprint density at radius 3 is 3.00 bits per heavy atom. The third kappa shape index (κ3) is 1.50. The van der Waals surface area contributed by atoms with Gasteiger partial charge in [-0.1, -0.05) is 25.1 Å². The summed E-state index contributed by atoms with van der Waals surface area (Å²) in [6, 6.07) is 8.63. The van der Waals surface area contributed by atoms with Gasteiger partial charge in [0, 0.05) is 17.6 Å². The van der Waals surface area contributed by atoms with E-state index in [1.54, 1.807) is 0 Å². The smallest absolute Gasteiger partial charge is 0.0379 e. The quantitative estimate of drug-likeness (QED) is 0.761. The highest BCUT2D eigenvalue weighted by Gasteiger charge is 2.33. The van der Waals surface area contributed by atoms with E-state index in [1.807, 2.05) is 7.05 Å². The van der Waals surface area contributed by atoms with Crippen LogP contribution in [0.3, 0.4) is 0 Å². The third-order valence-corrected chi connectivity index (χ3v) is 3.17. The van der Waals surface area contributed by atoms with Crippen molar-refractivity contribution in [3.8, 4) is 0 Å². The number of anilines is 1. The molecule has 2 heteroatoms. The summed E-state index contributed by atoms with van der Waals surface area (Å²) in [4.78, 5) is 0. The monoisotopic (exact) mass is 190 g/mol. The van der Waals surface area contributed by atoms with E-state index in [-0.39, 0.29) is 0 Å². The Kier molecular flexibility index (Phi) is 2.46. The SMILES string of the molecule is CNCCC1(C)CNc2ccccc21. The van der Waals surface area contributed by atoms with Crippen molar-refractivity contribution in [1.82, 2.24) is 5.32 Å². The fraction of sp³-hybridized carbons (Fsp3) is 0.500. The number of hydrogen-bond acceptors (Lipinski definition) is 2. The van der Waals surface area contributed by atoms with Crippen molar-refractivity contribution in [3.63, 3.8) is 0 Å². The van der Waals surface area contributed by atoms with E-state index < -0.39 is 0 Å². The van der Waals surface area contributed by atoms with E-state index in [9.17, 15) is 0 Å². The van der Waals surface area contributed by atoms with Gasteiger partial charge in [0.25, 0.3) is 0 Å². The van der Waals surface area contributed by atoms with Crippen molar-refractivity contribution in [2.45, 2.75) is 18.8 Å². The second-order valence-electron chi connectivity index (χ2n) is 4.31. The van der Waals surface area contributed by atoms with E-state index in [0.29, 0.717) is 5.41 Å². The van der Waals surface area contributed by atoms with Crippen LogP contribution in [0.25, 0.3) is 0 Å². The number of fused-ring (bicyclic) bond motifs is 1. The topological polar surface area (TPSA) is 24.1 Å². The summed E-state index contributed by atoms with van der Waals surface area (Å²) >= 11 is 0. The van der Waals surface area contributed by atoms with Crippen LogP contribution in [-0.2, 0) is 5.41 Å². The molecular weight excluding hydrogens is 172 g/mol. The Morgan fingerprint density at radius 2 is 2.21 bits per heavy atom. The number of para-hydroxylation sites is 1. The standard InChI is InChI=1S/C12H18N2/c1-12(7-8-13-2)9-14-11-6-4-3-5-10(11)12/h3-6,13-14H,7-9H2,1-2H3. The zero-order chi connectivity index (χ0) is 10.0. The highest BCUT2D eigenvalue weighted by atomic mass is 14.9. The maximum atomic E-state index is 3.47. The lowest BCUT2D eigenvalue weighted by atomic mass is 9.81. The molecule has 1 aliphatic heterocycles. The van der Waals surface area contributed by atoms with Crippen molar-refractivity contribution < 1.29 is 0 Å². The molecule has 0 saturated carbocycles. The lowest BCUT2D eigenvalue weighted by molar-refractivity contribution is 0.467. The van der Waals surface area contributed by atoms with E-state index in [0.717, 1.165) is 13.1 Å². The second kappa shape index (κ2) is 3.62. The number of nitrogens with one attached hydrogen (secondary N) is 2. The molecule has 0 fully saturated rings. The Labute approximate surface area is 85.7 Å². The molecule has 2 nitrogen and oxygen atoms in total. The molecule has 0 amide bonds. The summed E-state index contributed by atoms with van der Waals surface area (Å²) in [6.07, 6.45) is 1.19. The maximum Gasteiger partial charge on any atom is 0.0379 e. The molecule has 1 unspecified atom stereocenters. The molecule has 0 bridgehead atoms. The summed E-state index contributed by atoms with van der Waals surface area (Å²) in [5.74, 6) is 0. The molecule has 0 radical (unpaired) electrons. The molecule has 1 atom stereocenters. The van der Waals surface area contributed by atoms with E-state index in [2.05, 4.69) is 41.8 Å². The van der Waals surface area contributed by atoms with Crippen LogP contribution in [0.1, 0.15) is 18.9 Å². The van der Waals surface area contributed by atoms with Crippen LogP contribution in [0.2, 0.25) is 0 Å². The number of benzene rings is 1. The minimum Gasteiger partial charge on any atom is -0.384 e. The average Bonchev–Trinajstić information content (AvgIpc) is 2.55. The molecule has 1 heterocycles. The maximum absolute atomic E-state index is 3.47. The highest BCUT2D eigenvalue weighted by molar-refractivity contribution is 5.59. The Morgan fingerprint density at radius 1 is 1.43 bits per heavy atom. The van der Waals surface area contributed by atoms with Gasteiger partial charge in [-0.3, -0.25) is 0 Å². The van der Waals surface area contributed by atoms with E-state index >= 15 is 0 Å². The van der Waals surface area contributed by atoms with Crippen LogP contribution in [0.4, 0.5) is 5.69 Å². The lowest BCUT2D eigenvalue weighted by Crippen LogP contribution is -2.28. The molecule has 2 N–H and O–H groups in total. The van der Waals surface area contributed by atoms with Gasteiger partial charge in [0.2, 0.25) is 0 Å². The van der Waals surface area contributed by atoms with Crippen molar-refractivity contribution >= 4 is 5.69 Å². The Hall–Kier alpha value is -1.02. The predicted octanol–water partition coefficient (Wildman–Crippen LogP) is 1.98. The summed E-state index contributed by atoms with van der Waals surface area (Å²) in [5.41, 5.74) is 3.08. The fourth-order valence-corrected chi connectivity index (χ4v) is 2.17. The summed E-state index contributed by atoms with van der Waals surface area (Å²) in [5, 5.41) is 6.69. The van der Waals surface area contributed by atoms with E-state index in [4.69, 9.17) is 0 Å². The van der Waals surface area contributed by atoms with Crippen molar-refractivity contribution in [2.75, 3.05) is 25.5 Å². The average molecular weight is 190 g/mol.